The third kappa shape index (κ3) is 3.10. The summed E-state index contributed by atoms with van der Waals surface area (Å²) in [5.41, 5.74) is 3.61. The summed E-state index contributed by atoms with van der Waals surface area (Å²) >= 11 is 0. The van der Waals surface area contributed by atoms with Crippen LogP contribution in [0.1, 0.15) is 44.0 Å². The first kappa shape index (κ1) is 13.1. The van der Waals surface area contributed by atoms with E-state index >= 15 is 0 Å². The molecule has 18 heavy (non-hydrogen) atoms. The molecular weight excluding hydrogens is 226 g/mol. The van der Waals surface area contributed by atoms with E-state index in [4.69, 9.17) is 5.84 Å². The van der Waals surface area contributed by atoms with Gasteiger partial charge in [0.15, 0.2) is 0 Å². The summed E-state index contributed by atoms with van der Waals surface area (Å²) in [4.78, 5) is 8.75. The van der Waals surface area contributed by atoms with Crippen molar-refractivity contribution in [2.24, 2.45) is 11.8 Å². The van der Waals surface area contributed by atoms with E-state index < -0.39 is 0 Å². The average Bonchev–Trinajstić information content (AvgIpc) is 3.16. The van der Waals surface area contributed by atoms with Crippen molar-refractivity contribution >= 4 is 11.6 Å². The van der Waals surface area contributed by atoms with Gasteiger partial charge in [-0.1, -0.05) is 19.8 Å². The monoisotopic (exact) mass is 249 g/mol. The molecular formula is C13H23N5. The number of nitrogens with two attached hydrogens (primary N) is 1. The molecule has 1 saturated carbocycles. The van der Waals surface area contributed by atoms with Crippen LogP contribution in [0, 0.1) is 19.8 Å². The summed E-state index contributed by atoms with van der Waals surface area (Å²) in [6, 6.07) is 0.496. The maximum atomic E-state index is 5.47. The van der Waals surface area contributed by atoms with E-state index in [2.05, 4.69) is 27.6 Å². The van der Waals surface area contributed by atoms with Crippen molar-refractivity contribution in [3.05, 3.63) is 11.4 Å². The molecule has 0 spiro atoms. The molecule has 5 nitrogen and oxygen atoms in total. The van der Waals surface area contributed by atoms with E-state index in [-0.39, 0.29) is 0 Å². The van der Waals surface area contributed by atoms with Crippen molar-refractivity contribution in [2.45, 2.75) is 52.5 Å². The third-order valence-corrected chi connectivity index (χ3v) is 3.54. The second-order valence-electron chi connectivity index (χ2n) is 5.17. The van der Waals surface area contributed by atoms with E-state index in [1.807, 2.05) is 13.8 Å². The summed E-state index contributed by atoms with van der Waals surface area (Å²) in [7, 11) is 0. The molecule has 1 unspecified atom stereocenters. The third-order valence-electron chi connectivity index (χ3n) is 3.54. The number of rotatable bonds is 6. The molecule has 0 aromatic carbocycles. The number of anilines is 2. The SMILES string of the molecule is CCC(CC1CC1)Nc1nc(C)nc(NN)c1C. The van der Waals surface area contributed by atoms with Crippen LogP contribution in [-0.2, 0) is 0 Å². The molecule has 1 heterocycles. The van der Waals surface area contributed by atoms with Crippen LogP contribution in [0.2, 0.25) is 0 Å². The number of nitrogens with one attached hydrogen (secondary N) is 2. The Kier molecular flexibility index (Phi) is 4.01. The van der Waals surface area contributed by atoms with Gasteiger partial charge in [-0.05, 0) is 32.6 Å². The molecule has 4 N–H and O–H groups in total. The van der Waals surface area contributed by atoms with Crippen molar-refractivity contribution in [1.82, 2.24) is 9.97 Å². The van der Waals surface area contributed by atoms with Gasteiger partial charge in [-0.2, -0.15) is 0 Å². The minimum Gasteiger partial charge on any atom is -0.367 e. The number of nitrogen functional groups attached to an aromatic ring is 1. The number of hydrazine groups is 1. The normalized spacial score (nSPS) is 16.4. The Morgan fingerprint density at radius 1 is 1.28 bits per heavy atom. The van der Waals surface area contributed by atoms with Crippen LogP contribution in [0.5, 0.6) is 0 Å². The fourth-order valence-corrected chi connectivity index (χ4v) is 2.19. The van der Waals surface area contributed by atoms with Gasteiger partial charge in [0, 0.05) is 11.6 Å². The topological polar surface area (TPSA) is 75.9 Å². The molecule has 0 amide bonds. The zero-order chi connectivity index (χ0) is 13.1. The van der Waals surface area contributed by atoms with Gasteiger partial charge in [0.25, 0.3) is 0 Å². The van der Waals surface area contributed by atoms with Gasteiger partial charge >= 0.3 is 0 Å². The molecule has 1 fully saturated rings. The highest BCUT2D eigenvalue weighted by atomic mass is 15.3. The van der Waals surface area contributed by atoms with Gasteiger partial charge < -0.3 is 10.7 Å². The van der Waals surface area contributed by atoms with Gasteiger partial charge in [0.2, 0.25) is 0 Å². The highest BCUT2D eigenvalue weighted by Gasteiger charge is 2.25. The van der Waals surface area contributed by atoms with Gasteiger partial charge in [-0.25, -0.2) is 15.8 Å². The molecule has 1 aromatic heterocycles. The number of hydrogen-bond donors (Lipinski definition) is 3. The number of aryl methyl sites for hydroxylation is 1. The van der Waals surface area contributed by atoms with E-state index in [9.17, 15) is 0 Å². The predicted octanol–water partition coefficient (Wildman–Crippen LogP) is 2.37. The van der Waals surface area contributed by atoms with E-state index in [1.165, 1.54) is 19.3 Å². The Morgan fingerprint density at radius 2 is 1.94 bits per heavy atom. The zero-order valence-corrected chi connectivity index (χ0v) is 11.5. The van der Waals surface area contributed by atoms with Gasteiger partial charge in [-0.15, -0.1) is 0 Å². The highest BCUT2D eigenvalue weighted by molar-refractivity contribution is 5.57. The fraction of sp³-hybridized carbons (Fsp3) is 0.692. The zero-order valence-electron chi connectivity index (χ0n) is 11.5. The molecule has 0 saturated heterocycles. The predicted molar refractivity (Wildman–Crippen MR) is 74.4 cm³/mol. The minimum atomic E-state index is 0.496. The first-order chi connectivity index (χ1) is 8.63. The Hall–Kier alpha value is -1.36. The molecule has 5 heteroatoms. The van der Waals surface area contributed by atoms with Crippen molar-refractivity contribution in [3.8, 4) is 0 Å². The molecule has 100 valence electrons. The Morgan fingerprint density at radius 3 is 2.50 bits per heavy atom. The molecule has 0 bridgehead atoms. The number of hydrogen-bond acceptors (Lipinski definition) is 5. The molecule has 0 radical (unpaired) electrons. The lowest BCUT2D eigenvalue weighted by Crippen LogP contribution is -2.22. The maximum absolute atomic E-state index is 5.47. The van der Waals surface area contributed by atoms with Crippen LogP contribution in [0.15, 0.2) is 0 Å². The molecule has 0 aliphatic heterocycles. The fourth-order valence-electron chi connectivity index (χ4n) is 2.19. The molecule has 1 aliphatic rings. The number of nitrogens with zero attached hydrogens (tertiary/aromatic N) is 2. The highest BCUT2D eigenvalue weighted by Crippen LogP contribution is 2.35. The summed E-state index contributed by atoms with van der Waals surface area (Å²) in [6.07, 6.45) is 5.12. The summed E-state index contributed by atoms with van der Waals surface area (Å²) in [6.45, 7) is 6.08. The van der Waals surface area contributed by atoms with Gasteiger partial charge in [-0.3, -0.25) is 0 Å². The van der Waals surface area contributed by atoms with Crippen molar-refractivity contribution < 1.29 is 0 Å². The molecule has 1 atom stereocenters. The minimum absolute atomic E-state index is 0.496. The van der Waals surface area contributed by atoms with E-state index in [0.29, 0.717) is 11.9 Å². The van der Waals surface area contributed by atoms with E-state index in [0.717, 1.165) is 29.5 Å². The van der Waals surface area contributed by atoms with Crippen molar-refractivity contribution in [3.63, 3.8) is 0 Å². The Balaban J connectivity index is 2.12. The van der Waals surface area contributed by atoms with Crippen LogP contribution in [0.25, 0.3) is 0 Å². The lowest BCUT2D eigenvalue weighted by Gasteiger charge is -2.20. The maximum Gasteiger partial charge on any atom is 0.148 e. The summed E-state index contributed by atoms with van der Waals surface area (Å²) < 4.78 is 0. The smallest absolute Gasteiger partial charge is 0.148 e. The summed E-state index contributed by atoms with van der Waals surface area (Å²) in [5, 5.41) is 3.54. The first-order valence-electron chi connectivity index (χ1n) is 6.72. The van der Waals surface area contributed by atoms with Crippen molar-refractivity contribution in [2.75, 3.05) is 10.7 Å². The van der Waals surface area contributed by atoms with Crippen LogP contribution in [-0.4, -0.2) is 16.0 Å². The average molecular weight is 249 g/mol. The quantitative estimate of drug-likeness (QED) is 0.533. The number of aromatic nitrogens is 2. The first-order valence-corrected chi connectivity index (χ1v) is 6.72. The van der Waals surface area contributed by atoms with Crippen LogP contribution < -0.4 is 16.6 Å². The Labute approximate surface area is 109 Å². The second kappa shape index (κ2) is 5.52. The van der Waals surface area contributed by atoms with Gasteiger partial charge in [0.1, 0.15) is 17.5 Å². The molecule has 2 rings (SSSR count). The standard InChI is InChI=1S/C13H23N5/c1-4-11(7-10-5-6-10)17-12-8(2)13(18-14)16-9(3)15-12/h10-11H,4-7,14H2,1-3H3,(H2,15,16,17,18). The second-order valence-corrected chi connectivity index (χ2v) is 5.17. The van der Waals surface area contributed by atoms with Gasteiger partial charge in [0.05, 0.1) is 0 Å². The van der Waals surface area contributed by atoms with E-state index in [1.54, 1.807) is 0 Å². The lowest BCUT2D eigenvalue weighted by molar-refractivity contribution is 0.584. The van der Waals surface area contributed by atoms with Crippen LogP contribution in [0.4, 0.5) is 11.6 Å². The van der Waals surface area contributed by atoms with Crippen LogP contribution in [0.3, 0.4) is 0 Å². The molecule has 1 aromatic rings. The summed E-state index contributed by atoms with van der Waals surface area (Å²) in [5.74, 6) is 8.73. The lowest BCUT2D eigenvalue weighted by atomic mass is 10.1. The largest absolute Gasteiger partial charge is 0.367 e. The molecule has 1 aliphatic carbocycles. The van der Waals surface area contributed by atoms with Crippen molar-refractivity contribution in [1.29, 1.82) is 0 Å². The Bertz CT molecular complexity index is 414. The van der Waals surface area contributed by atoms with Crippen LogP contribution >= 0.6 is 0 Å².